The maximum atomic E-state index is 11.4. The molecule has 2 saturated heterocycles. The molecule has 6 N–H and O–H groups in total. The van der Waals surface area contributed by atoms with Crippen molar-refractivity contribution in [2.24, 2.45) is 0 Å². The highest BCUT2D eigenvalue weighted by Gasteiger charge is 2.50. The first-order chi connectivity index (χ1) is 15.2. The minimum atomic E-state index is -1.89. The maximum Gasteiger partial charge on any atom is 0.336 e. The Morgan fingerprint density at radius 1 is 1.03 bits per heavy atom. The molecule has 1 aromatic carbocycles. The van der Waals surface area contributed by atoms with Crippen molar-refractivity contribution in [2.75, 3.05) is 19.8 Å². The zero-order chi connectivity index (χ0) is 23.0. The topological polar surface area (TPSA) is 189 Å². The third-order valence-corrected chi connectivity index (χ3v) is 5.52. The van der Waals surface area contributed by atoms with E-state index in [1.165, 1.54) is 12.1 Å². The molecule has 1 aromatic heterocycles. The number of aliphatic hydroxyl groups excluding tert-OH is 5. The molecule has 8 atom stereocenters. The van der Waals surface area contributed by atoms with E-state index in [2.05, 4.69) is 0 Å². The van der Waals surface area contributed by atoms with Crippen molar-refractivity contribution in [1.29, 1.82) is 0 Å². The lowest BCUT2D eigenvalue weighted by Gasteiger charge is -2.40. The molecule has 0 unspecified atom stereocenters. The van der Waals surface area contributed by atoms with Crippen LogP contribution in [0.5, 0.6) is 5.75 Å². The number of benzene rings is 1. The van der Waals surface area contributed by atoms with Crippen molar-refractivity contribution < 1.29 is 54.0 Å². The molecule has 0 amide bonds. The Bertz CT molecular complexity index is 994. The molecule has 0 bridgehead atoms. The van der Waals surface area contributed by atoms with Crippen molar-refractivity contribution in [1.82, 2.24) is 0 Å². The predicted octanol–water partition coefficient (Wildman–Crippen LogP) is -2.56. The SMILES string of the molecule is O=c1ccc2ccc(O[C@H]3O[C@@H](CO[C@H]4OC[C@@](O)(CO)[C@@H]4O)[C@H](O)[C@@H](O)[C@@H]3O)cc2o1. The van der Waals surface area contributed by atoms with Crippen LogP contribution in [-0.4, -0.2) is 99.2 Å². The zero-order valence-corrected chi connectivity index (χ0v) is 16.7. The highest BCUT2D eigenvalue weighted by atomic mass is 16.7. The van der Waals surface area contributed by atoms with Gasteiger partial charge in [0.25, 0.3) is 0 Å². The summed E-state index contributed by atoms with van der Waals surface area (Å²) in [5, 5.41) is 60.6. The Morgan fingerprint density at radius 3 is 2.50 bits per heavy atom. The van der Waals surface area contributed by atoms with Crippen molar-refractivity contribution in [3.8, 4) is 5.75 Å². The average molecular weight is 456 g/mol. The second-order valence-corrected chi connectivity index (χ2v) is 7.81. The smallest absolute Gasteiger partial charge is 0.336 e. The van der Waals surface area contributed by atoms with Gasteiger partial charge in [0.1, 0.15) is 47.5 Å². The Hall–Kier alpha value is -2.13. The predicted molar refractivity (Wildman–Crippen MR) is 104 cm³/mol. The molecule has 0 aliphatic carbocycles. The molecule has 2 aliphatic rings. The van der Waals surface area contributed by atoms with Crippen LogP contribution in [0.3, 0.4) is 0 Å². The molecule has 4 rings (SSSR count). The molecule has 0 saturated carbocycles. The van der Waals surface area contributed by atoms with Gasteiger partial charge in [0.15, 0.2) is 6.29 Å². The number of rotatable bonds is 6. The van der Waals surface area contributed by atoms with E-state index in [1.807, 2.05) is 0 Å². The monoisotopic (exact) mass is 456 g/mol. The summed E-state index contributed by atoms with van der Waals surface area (Å²) in [6, 6.07) is 7.41. The molecule has 12 heteroatoms. The first-order valence-corrected chi connectivity index (χ1v) is 9.86. The minimum Gasteiger partial charge on any atom is -0.462 e. The van der Waals surface area contributed by atoms with Gasteiger partial charge < -0.3 is 54.0 Å². The number of ether oxygens (including phenoxy) is 4. The summed E-state index contributed by atoms with van der Waals surface area (Å²) in [4.78, 5) is 11.4. The number of hydrogen-bond donors (Lipinski definition) is 6. The summed E-state index contributed by atoms with van der Waals surface area (Å²) in [6.45, 7) is -1.52. The summed E-state index contributed by atoms with van der Waals surface area (Å²) in [5.74, 6) is 0.168. The normalized spacial score (nSPS) is 37.6. The van der Waals surface area contributed by atoms with Gasteiger partial charge in [0.05, 0.1) is 19.8 Å². The van der Waals surface area contributed by atoms with E-state index in [9.17, 15) is 35.4 Å². The van der Waals surface area contributed by atoms with Crippen LogP contribution in [0.1, 0.15) is 0 Å². The fraction of sp³-hybridized carbons (Fsp3) is 0.550. The number of aliphatic hydroxyl groups is 6. The molecule has 2 fully saturated rings. The van der Waals surface area contributed by atoms with Gasteiger partial charge in [-0.25, -0.2) is 4.79 Å². The van der Waals surface area contributed by atoms with E-state index in [0.717, 1.165) is 0 Å². The molecule has 2 aliphatic heterocycles. The second-order valence-electron chi connectivity index (χ2n) is 7.81. The molecular weight excluding hydrogens is 432 g/mol. The molecule has 0 radical (unpaired) electrons. The lowest BCUT2D eigenvalue weighted by atomic mass is 9.99. The van der Waals surface area contributed by atoms with Gasteiger partial charge in [-0.05, 0) is 18.2 Å². The van der Waals surface area contributed by atoms with Crippen LogP contribution in [-0.2, 0) is 14.2 Å². The Labute approximate surface area is 180 Å². The van der Waals surface area contributed by atoms with Gasteiger partial charge in [-0.15, -0.1) is 0 Å². The van der Waals surface area contributed by atoms with E-state index < -0.39 is 67.5 Å². The van der Waals surface area contributed by atoms with Crippen molar-refractivity contribution >= 4 is 11.0 Å². The van der Waals surface area contributed by atoms with E-state index in [1.54, 1.807) is 18.2 Å². The van der Waals surface area contributed by atoms with Crippen LogP contribution in [0, 0.1) is 0 Å². The van der Waals surface area contributed by atoms with E-state index in [-0.39, 0.29) is 17.9 Å². The van der Waals surface area contributed by atoms with Crippen LogP contribution in [0.15, 0.2) is 39.5 Å². The molecular formula is C20H24O12. The molecule has 12 nitrogen and oxygen atoms in total. The van der Waals surface area contributed by atoms with Crippen molar-refractivity contribution in [3.05, 3.63) is 40.8 Å². The third-order valence-electron chi connectivity index (χ3n) is 5.52. The first-order valence-electron chi connectivity index (χ1n) is 9.86. The van der Waals surface area contributed by atoms with E-state index >= 15 is 0 Å². The molecule has 2 aromatic rings. The van der Waals surface area contributed by atoms with Crippen LogP contribution in [0.2, 0.25) is 0 Å². The molecule has 32 heavy (non-hydrogen) atoms. The van der Waals surface area contributed by atoms with Gasteiger partial charge >= 0.3 is 5.63 Å². The standard InChI is InChI=1S/C20H24O12/c21-7-20(27)8-29-19(17(20)26)28-6-12-14(23)15(24)16(25)18(32-12)30-10-3-1-9-2-4-13(22)31-11(9)5-10/h1-5,12,14-19,21,23-27H,6-8H2/t12-,14-,15+,16-,17+,18-,19-,20-/m0/s1. The van der Waals surface area contributed by atoms with E-state index in [4.69, 9.17) is 23.4 Å². The van der Waals surface area contributed by atoms with Crippen LogP contribution >= 0.6 is 0 Å². The molecule has 0 spiro atoms. The van der Waals surface area contributed by atoms with Crippen LogP contribution in [0.25, 0.3) is 11.0 Å². The lowest BCUT2D eigenvalue weighted by molar-refractivity contribution is -0.289. The quantitative estimate of drug-likeness (QED) is 0.250. The fourth-order valence-electron chi connectivity index (χ4n) is 3.52. The summed E-state index contributed by atoms with van der Waals surface area (Å²) < 4.78 is 26.7. The Balaban J connectivity index is 1.44. The van der Waals surface area contributed by atoms with Gasteiger partial charge in [-0.1, -0.05) is 0 Å². The minimum absolute atomic E-state index is 0.168. The summed E-state index contributed by atoms with van der Waals surface area (Å²) in [7, 11) is 0. The van der Waals surface area contributed by atoms with Crippen molar-refractivity contribution in [3.63, 3.8) is 0 Å². The van der Waals surface area contributed by atoms with Crippen LogP contribution in [0.4, 0.5) is 0 Å². The maximum absolute atomic E-state index is 11.4. The fourth-order valence-corrected chi connectivity index (χ4v) is 3.52. The number of fused-ring (bicyclic) bond motifs is 1. The largest absolute Gasteiger partial charge is 0.462 e. The second kappa shape index (κ2) is 9.02. The van der Waals surface area contributed by atoms with Gasteiger partial charge in [0, 0.05) is 17.5 Å². The van der Waals surface area contributed by atoms with Gasteiger partial charge in [-0.3, -0.25) is 0 Å². The summed E-state index contributed by atoms with van der Waals surface area (Å²) >= 11 is 0. The zero-order valence-electron chi connectivity index (χ0n) is 16.7. The Morgan fingerprint density at radius 2 is 1.78 bits per heavy atom. The van der Waals surface area contributed by atoms with E-state index in [0.29, 0.717) is 5.39 Å². The number of hydrogen-bond acceptors (Lipinski definition) is 12. The van der Waals surface area contributed by atoms with Gasteiger partial charge in [-0.2, -0.15) is 0 Å². The van der Waals surface area contributed by atoms with Crippen LogP contribution < -0.4 is 10.4 Å². The molecule has 3 heterocycles. The highest BCUT2D eigenvalue weighted by Crippen LogP contribution is 2.29. The third kappa shape index (κ3) is 4.37. The van der Waals surface area contributed by atoms with Gasteiger partial charge in [0.2, 0.25) is 6.29 Å². The average Bonchev–Trinajstić information content (AvgIpc) is 3.07. The summed E-state index contributed by atoms with van der Waals surface area (Å²) in [5.41, 5.74) is -2.20. The molecule has 176 valence electrons. The van der Waals surface area contributed by atoms with Crippen molar-refractivity contribution in [2.45, 2.75) is 48.7 Å². The summed E-state index contributed by atoms with van der Waals surface area (Å²) in [6.07, 6.45) is -10.3. The lowest BCUT2D eigenvalue weighted by Crippen LogP contribution is -2.60. The highest BCUT2D eigenvalue weighted by molar-refractivity contribution is 5.77. The Kier molecular flexibility index (Phi) is 6.49. The first kappa shape index (κ1) is 23.0.